The maximum Gasteiger partial charge on any atom is 0.333 e. The molecule has 1 atom stereocenters. The number of rotatable bonds is 4. The fourth-order valence-corrected chi connectivity index (χ4v) is 2.88. The molecule has 0 amide bonds. The van der Waals surface area contributed by atoms with E-state index in [2.05, 4.69) is 11.8 Å². The first kappa shape index (κ1) is 13.6. The molecule has 1 saturated heterocycles. The topological polar surface area (TPSA) is 29.5 Å². The van der Waals surface area contributed by atoms with Gasteiger partial charge in [0.25, 0.3) is 0 Å². The summed E-state index contributed by atoms with van der Waals surface area (Å²) in [4.78, 5) is 13.8. The zero-order valence-electron chi connectivity index (χ0n) is 10.4. The minimum atomic E-state index is -0.193. The smallest absolute Gasteiger partial charge is 0.333 e. The SMILES string of the molecule is CCC(=CCN1CCSC(C)C1)C(=O)OC. The molecule has 3 nitrogen and oxygen atoms in total. The Morgan fingerprint density at radius 1 is 1.62 bits per heavy atom. The Balaban J connectivity index is 2.46. The van der Waals surface area contributed by atoms with Crippen molar-refractivity contribution in [2.24, 2.45) is 0 Å². The van der Waals surface area contributed by atoms with Crippen molar-refractivity contribution in [1.82, 2.24) is 4.90 Å². The van der Waals surface area contributed by atoms with E-state index >= 15 is 0 Å². The average Bonchev–Trinajstić information content (AvgIpc) is 2.29. The number of nitrogens with zero attached hydrogens (tertiary/aromatic N) is 1. The van der Waals surface area contributed by atoms with E-state index < -0.39 is 0 Å². The zero-order valence-corrected chi connectivity index (χ0v) is 11.2. The fraction of sp³-hybridized carbons (Fsp3) is 0.750. The second-order valence-electron chi connectivity index (χ2n) is 4.02. The molecule has 0 aromatic rings. The van der Waals surface area contributed by atoms with Gasteiger partial charge in [0, 0.05) is 36.2 Å². The second kappa shape index (κ2) is 6.97. The van der Waals surface area contributed by atoms with E-state index in [4.69, 9.17) is 4.74 Å². The lowest BCUT2D eigenvalue weighted by Gasteiger charge is -2.29. The second-order valence-corrected chi connectivity index (χ2v) is 5.56. The summed E-state index contributed by atoms with van der Waals surface area (Å²) in [6.45, 7) is 7.32. The van der Waals surface area contributed by atoms with Gasteiger partial charge in [0.05, 0.1) is 7.11 Å². The maximum absolute atomic E-state index is 11.4. The first-order valence-corrected chi connectivity index (χ1v) is 6.83. The van der Waals surface area contributed by atoms with Crippen molar-refractivity contribution in [2.75, 3.05) is 32.5 Å². The third-order valence-corrected chi connectivity index (χ3v) is 3.89. The number of hydrogen-bond donors (Lipinski definition) is 0. The predicted molar refractivity (Wildman–Crippen MR) is 68.8 cm³/mol. The maximum atomic E-state index is 11.4. The van der Waals surface area contributed by atoms with Crippen molar-refractivity contribution in [3.8, 4) is 0 Å². The average molecular weight is 243 g/mol. The molecule has 1 heterocycles. The number of ether oxygens (including phenoxy) is 1. The Kier molecular flexibility index (Phi) is 5.91. The van der Waals surface area contributed by atoms with Crippen molar-refractivity contribution < 1.29 is 9.53 Å². The first-order chi connectivity index (χ1) is 7.67. The summed E-state index contributed by atoms with van der Waals surface area (Å²) in [5.74, 6) is 0.997. The highest BCUT2D eigenvalue weighted by atomic mass is 32.2. The van der Waals surface area contributed by atoms with E-state index in [-0.39, 0.29) is 5.97 Å². The van der Waals surface area contributed by atoms with Gasteiger partial charge in [-0.2, -0.15) is 11.8 Å². The molecule has 1 rings (SSSR count). The molecule has 0 aromatic carbocycles. The fourth-order valence-electron chi connectivity index (χ4n) is 1.80. The molecule has 0 bridgehead atoms. The Morgan fingerprint density at radius 3 is 2.94 bits per heavy atom. The number of hydrogen-bond acceptors (Lipinski definition) is 4. The van der Waals surface area contributed by atoms with Crippen LogP contribution in [0.5, 0.6) is 0 Å². The highest BCUT2D eigenvalue weighted by Gasteiger charge is 2.16. The van der Waals surface area contributed by atoms with Gasteiger partial charge in [0.2, 0.25) is 0 Å². The van der Waals surface area contributed by atoms with Crippen molar-refractivity contribution in [3.63, 3.8) is 0 Å². The van der Waals surface area contributed by atoms with Gasteiger partial charge in [-0.1, -0.05) is 19.9 Å². The summed E-state index contributed by atoms with van der Waals surface area (Å²) in [5.41, 5.74) is 0.786. The van der Waals surface area contributed by atoms with Crippen LogP contribution in [0.25, 0.3) is 0 Å². The highest BCUT2D eigenvalue weighted by Crippen LogP contribution is 2.17. The molecule has 1 fully saturated rings. The molecule has 0 aromatic heterocycles. The number of methoxy groups -OCH3 is 1. The predicted octanol–water partition coefficient (Wildman–Crippen LogP) is 1.93. The molecular weight excluding hydrogens is 222 g/mol. The summed E-state index contributed by atoms with van der Waals surface area (Å²) in [6.07, 6.45) is 2.75. The van der Waals surface area contributed by atoms with E-state index in [0.717, 1.165) is 31.6 Å². The molecule has 1 unspecified atom stereocenters. The molecule has 0 radical (unpaired) electrons. The molecule has 0 spiro atoms. The van der Waals surface area contributed by atoms with Crippen LogP contribution in [0.3, 0.4) is 0 Å². The molecule has 0 N–H and O–H groups in total. The summed E-state index contributed by atoms with van der Waals surface area (Å²) < 4.78 is 4.73. The molecule has 4 heteroatoms. The van der Waals surface area contributed by atoms with Gasteiger partial charge in [0.1, 0.15) is 0 Å². The summed E-state index contributed by atoms with van der Waals surface area (Å²) in [7, 11) is 1.44. The van der Waals surface area contributed by atoms with Crippen LogP contribution in [0.2, 0.25) is 0 Å². The number of esters is 1. The Morgan fingerprint density at radius 2 is 2.38 bits per heavy atom. The number of carbonyl (C=O) groups is 1. The minimum Gasteiger partial charge on any atom is -0.466 e. The van der Waals surface area contributed by atoms with Crippen molar-refractivity contribution in [2.45, 2.75) is 25.5 Å². The van der Waals surface area contributed by atoms with E-state index in [1.54, 1.807) is 0 Å². The van der Waals surface area contributed by atoms with E-state index in [1.165, 1.54) is 12.9 Å². The summed E-state index contributed by atoms with van der Waals surface area (Å²) in [6, 6.07) is 0. The summed E-state index contributed by atoms with van der Waals surface area (Å²) in [5, 5.41) is 0.699. The van der Waals surface area contributed by atoms with Crippen LogP contribution in [0, 0.1) is 0 Å². The van der Waals surface area contributed by atoms with Gasteiger partial charge >= 0.3 is 5.97 Å². The Bertz CT molecular complexity index is 266. The van der Waals surface area contributed by atoms with E-state index in [9.17, 15) is 4.79 Å². The van der Waals surface area contributed by atoms with E-state index in [1.807, 2.05) is 24.8 Å². The highest BCUT2D eigenvalue weighted by molar-refractivity contribution is 7.99. The van der Waals surface area contributed by atoms with Crippen molar-refractivity contribution in [1.29, 1.82) is 0 Å². The van der Waals surface area contributed by atoms with Crippen LogP contribution >= 0.6 is 11.8 Å². The Hall–Kier alpha value is -0.480. The van der Waals surface area contributed by atoms with Gasteiger partial charge < -0.3 is 4.74 Å². The Labute approximate surface area is 102 Å². The van der Waals surface area contributed by atoms with Crippen LogP contribution in [-0.4, -0.2) is 48.6 Å². The summed E-state index contributed by atoms with van der Waals surface area (Å²) >= 11 is 2.02. The lowest BCUT2D eigenvalue weighted by Crippen LogP contribution is -2.36. The number of thioether (sulfide) groups is 1. The van der Waals surface area contributed by atoms with Crippen LogP contribution in [0.1, 0.15) is 20.3 Å². The van der Waals surface area contributed by atoms with Crippen LogP contribution in [0.15, 0.2) is 11.6 Å². The van der Waals surface area contributed by atoms with Crippen LogP contribution in [-0.2, 0) is 9.53 Å². The minimum absolute atomic E-state index is 0.193. The van der Waals surface area contributed by atoms with Crippen LogP contribution in [0.4, 0.5) is 0 Å². The third kappa shape index (κ3) is 4.18. The number of carbonyl (C=O) groups excluding carboxylic acids is 1. The van der Waals surface area contributed by atoms with Crippen LogP contribution < -0.4 is 0 Å². The standard InChI is InChI=1S/C12H21NO2S/c1-4-11(12(14)15-3)5-6-13-7-8-16-10(2)9-13/h5,10H,4,6-9H2,1-3H3. The largest absolute Gasteiger partial charge is 0.466 e. The normalized spacial score (nSPS) is 23.2. The van der Waals surface area contributed by atoms with Gasteiger partial charge in [-0.15, -0.1) is 0 Å². The zero-order chi connectivity index (χ0) is 12.0. The molecular formula is C12H21NO2S. The molecule has 0 aliphatic carbocycles. The molecule has 92 valence electrons. The van der Waals surface area contributed by atoms with Gasteiger partial charge in [-0.3, -0.25) is 4.90 Å². The molecule has 1 aliphatic rings. The molecule has 16 heavy (non-hydrogen) atoms. The van der Waals surface area contributed by atoms with Gasteiger partial charge in [0.15, 0.2) is 0 Å². The first-order valence-electron chi connectivity index (χ1n) is 5.78. The molecule has 1 aliphatic heterocycles. The third-order valence-electron chi connectivity index (χ3n) is 2.75. The van der Waals surface area contributed by atoms with Crippen molar-refractivity contribution in [3.05, 3.63) is 11.6 Å². The lowest BCUT2D eigenvalue weighted by molar-refractivity contribution is -0.136. The monoisotopic (exact) mass is 243 g/mol. The van der Waals surface area contributed by atoms with Crippen molar-refractivity contribution >= 4 is 17.7 Å². The lowest BCUT2D eigenvalue weighted by atomic mass is 10.2. The van der Waals surface area contributed by atoms with E-state index in [0.29, 0.717) is 5.25 Å². The quantitative estimate of drug-likeness (QED) is 0.557. The van der Waals surface area contributed by atoms with Gasteiger partial charge in [-0.05, 0) is 6.42 Å². The van der Waals surface area contributed by atoms with Gasteiger partial charge in [-0.25, -0.2) is 4.79 Å². The molecule has 0 saturated carbocycles.